The van der Waals surface area contributed by atoms with Crippen LogP contribution in [-0.2, 0) is 10.6 Å². The zero-order valence-corrected chi connectivity index (χ0v) is 28.8. The Kier molecular flexibility index (Phi) is 8.29. The van der Waals surface area contributed by atoms with Gasteiger partial charge >= 0.3 is 0 Å². The minimum Gasteiger partial charge on any atom is -0.313 e. The summed E-state index contributed by atoms with van der Waals surface area (Å²) in [5, 5.41) is 8.18. The van der Waals surface area contributed by atoms with E-state index >= 15 is 0 Å². The van der Waals surface area contributed by atoms with Gasteiger partial charge in [0.05, 0.1) is 0 Å². The lowest BCUT2D eigenvalue weighted by molar-refractivity contribution is -0.0507. The van der Waals surface area contributed by atoms with E-state index < -0.39 is 0 Å². The molecule has 232 valence electrons. The van der Waals surface area contributed by atoms with Crippen LogP contribution in [0.3, 0.4) is 0 Å². The zero-order valence-electron chi connectivity index (χ0n) is 26.4. The molecule has 6 aliphatic rings. The summed E-state index contributed by atoms with van der Waals surface area (Å²) in [6.45, 7) is 2.28. The highest BCUT2D eigenvalue weighted by Crippen LogP contribution is 2.65. The van der Waals surface area contributed by atoms with Crippen LogP contribution in [0.2, 0.25) is 0 Å². The van der Waals surface area contributed by atoms with Crippen LogP contribution >= 0.6 is 18.5 Å². The van der Waals surface area contributed by atoms with Crippen molar-refractivity contribution < 1.29 is 0 Å². The van der Waals surface area contributed by atoms with Crippen molar-refractivity contribution in [2.75, 3.05) is 19.3 Å². The minimum atomic E-state index is -0.0591. The van der Waals surface area contributed by atoms with E-state index in [1.807, 2.05) is 0 Å². The fraction of sp³-hybridized carbons (Fsp3) is 0.550. The van der Waals surface area contributed by atoms with Crippen molar-refractivity contribution >= 4 is 18.5 Å². The van der Waals surface area contributed by atoms with Gasteiger partial charge in [-0.15, -0.1) is 18.5 Å². The summed E-state index contributed by atoms with van der Waals surface area (Å²) in [4.78, 5) is 0. The second-order valence-electron chi connectivity index (χ2n) is 15.2. The third kappa shape index (κ3) is 4.89. The molecule has 2 aliphatic heterocycles. The summed E-state index contributed by atoms with van der Waals surface area (Å²) in [5.74, 6) is 3.52. The van der Waals surface area contributed by atoms with Crippen molar-refractivity contribution in [3.8, 4) is 22.3 Å². The molecule has 2 heterocycles. The highest BCUT2D eigenvalue weighted by molar-refractivity contribution is 7.18. The molecule has 9 rings (SSSR count). The number of rotatable bonds is 7. The summed E-state index contributed by atoms with van der Waals surface area (Å²) in [7, 11) is 6.93. The molecule has 4 bridgehead atoms. The van der Waals surface area contributed by atoms with Crippen LogP contribution < -0.4 is 10.6 Å². The van der Waals surface area contributed by atoms with Gasteiger partial charge in [0.15, 0.2) is 0 Å². The standard InChI is InChI=1S/C40H52N2P2/c43-26-39(31-20-27-19-28(22-31)23-32(39)21-27)35-24-33(29-11-3-1-4-12-29)34(30-13-5-2-6-14-30)25-36(35)40(44,37-15-7-9-17-41-37)38-16-8-10-18-42-38/h1-6,11-14,24-25,27-28,31-32,37-38,41-42H,7-10,15-23,26,43-44H2. The van der Waals surface area contributed by atoms with E-state index in [-0.39, 0.29) is 10.6 Å². The monoisotopic (exact) mass is 622 g/mol. The molecule has 3 aromatic rings. The number of benzene rings is 3. The quantitative estimate of drug-likeness (QED) is 0.257. The number of hydrogen-bond donors (Lipinski definition) is 2. The molecule has 44 heavy (non-hydrogen) atoms. The Labute approximate surface area is 270 Å². The molecule has 4 heteroatoms. The molecular weight excluding hydrogens is 570 g/mol. The predicted molar refractivity (Wildman–Crippen MR) is 193 cm³/mol. The van der Waals surface area contributed by atoms with Crippen molar-refractivity contribution in [2.45, 2.75) is 93.3 Å². The largest absolute Gasteiger partial charge is 0.313 e. The molecule has 0 radical (unpaired) electrons. The predicted octanol–water partition coefficient (Wildman–Crippen LogP) is 8.94. The molecule has 4 saturated carbocycles. The maximum absolute atomic E-state index is 4.12. The summed E-state index contributed by atoms with van der Waals surface area (Å²) in [6.07, 6.45) is 16.2. The van der Waals surface area contributed by atoms with Gasteiger partial charge in [0.2, 0.25) is 0 Å². The van der Waals surface area contributed by atoms with Gasteiger partial charge in [0.1, 0.15) is 0 Å². The lowest BCUT2D eigenvalue weighted by Gasteiger charge is -2.63. The Balaban J connectivity index is 1.43. The molecule has 0 spiro atoms. The Hall–Kier alpha value is -1.56. The fourth-order valence-electron chi connectivity index (χ4n) is 11.1. The van der Waals surface area contributed by atoms with Gasteiger partial charge in [-0.2, -0.15) is 0 Å². The van der Waals surface area contributed by atoms with Crippen molar-refractivity contribution in [3.63, 3.8) is 0 Å². The maximum atomic E-state index is 4.12. The molecule has 0 aromatic heterocycles. The molecule has 6 fully saturated rings. The van der Waals surface area contributed by atoms with Crippen LogP contribution in [0.4, 0.5) is 0 Å². The first kappa shape index (κ1) is 29.8. The second kappa shape index (κ2) is 12.2. The molecule has 0 amide bonds. The third-order valence-corrected chi connectivity index (χ3v) is 14.8. The van der Waals surface area contributed by atoms with E-state index in [0.29, 0.717) is 12.1 Å². The van der Waals surface area contributed by atoms with E-state index in [4.69, 9.17) is 0 Å². The lowest BCUT2D eigenvalue weighted by Crippen LogP contribution is -2.61. The average Bonchev–Trinajstić information content (AvgIpc) is 3.09. The second-order valence-corrected chi connectivity index (χ2v) is 16.5. The fourth-order valence-corrected chi connectivity index (χ4v) is 12.8. The minimum absolute atomic E-state index is 0.0591. The molecule has 2 nitrogen and oxygen atoms in total. The van der Waals surface area contributed by atoms with Crippen molar-refractivity contribution in [1.82, 2.24) is 10.6 Å². The van der Waals surface area contributed by atoms with Gasteiger partial charge in [0, 0.05) is 22.7 Å². The maximum Gasteiger partial charge on any atom is 0.0405 e. The van der Waals surface area contributed by atoms with Gasteiger partial charge in [-0.1, -0.05) is 73.5 Å². The summed E-state index contributed by atoms with van der Waals surface area (Å²) >= 11 is 0. The first-order valence-electron chi connectivity index (χ1n) is 17.9. The van der Waals surface area contributed by atoms with E-state index in [2.05, 4.69) is 102 Å². The highest BCUT2D eigenvalue weighted by Gasteiger charge is 2.59. The molecule has 4 unspecified atom stereocenters. The number of piperidine rings is 2. The zero-order chi connectivity index (χ0) is 29.7. The van der Waals surface area contributed by atoms with Crippen LogP contribution in [0.1, 0.15) is 81.8 Å². The topological polar surface area (TPSA) is 24.1 Å². The van der Waals surface area contributed by atoms with Crippen LogP contribution in [0.15, 0.2) is 72.8 Å². The third-order valence-electron chi connectivity index (χ3n) is 13.0. The van der Waals surface area contributed by atoms with Gasteiger partial charge in [-0.05, 0) is 146 Å². The van der Waals surface area contributed by atoms with E-state index in [0.717, 1.165) is 36.8 Å². The summed E-state index contributed by atoms with van der Waals surface area (Å²) < 4.78 is 0. The van der Waals surface area contributed by atoms with E-state index in [1.165, 1.54) is 99.0 Å². The Morgan fingerprint density at radius 2 is 1.16 bits per heavy atom. The Morgan fingerprint density at radius 1 is 0.659 bits per heavy atom. The van der Waals surface area contributed by atoms with E-state index in [1.54, 1.807) is 11.1 Å². The van der Waals surface area contributed by atoms with Gasteiger partial charge in [-0.3, -0.25) is 0 Å². The van der Waals surface area contributed by atoms with Crippen LogP contribution in [-0.4, -0.2) is 31.3 Å². The first-order valence-corrected chi connectivity index (χ1v) is 19.3. The lowest BCUT2D eigenvalue weighted by atomic mass is 9.43. The van der Waals surface area contributed by atoms with Gasteiger partial charge in [-0.25, -0.2) is 0 Å². The average molecular weight is 623 g/mol. The van der Waals surface area contributed by atoms with E-state index in [9.17, 15) is 0 Å². The SMILES string of the molecule is PCC1(c2cc(-c3ccccc3)c(-c3ccccc3)cc2C(P)(C2CCCCN2)C2CCCCN2)C2CC3CC(C2)CC1C3. The van der Waals surface area contributed by atoms with Crippen LogP contribution in [0.5, 0.6) is 0 Å². The molecule has 2 N–H and O–H groups in total. The van der Waals surface area contributed by atoms with Crippen LogP contribution in [0, 0.1) is 23.7 Å². The smallest absolute Gasteiger partial charge is 0.0405 e. The molecular formula is C40H52N2P2. The first-order chi connectivity index (χ1) is 21.6. The van der Waals surface area contributed by atoms with Crippen molar-refractivity contribution in [3.05, 3.63) is 83.9 Å². The Morgan fingerprint density at radius 3 is 1.61 bits per heavy atom. The molecule has 2 saturated heterocycles. The highest BCUT2D eigenvalue weighted by atomic mass is 31.0. The summed E-state index contributed by atoms with van der Waals surface area (Å²) in [5.41, 5.74) is 9.08. The van der Waals surface area contributed by atoms with Gasteiger partial charge < -0.3 is 10.6 Å². The normalized spacial score (nSPS) is 34.5. The van der Waals surface area contributed by atoms with Crippen molar-refractivity contribution in [2.24, 2.45) is 23.7 Å². The molecule has 4 atom stereocenters. The number of hydrogen-bond acceptors (Lipinski definition) is 2. The van der Waals surface area contributed by atoms with Crippen molar-refractivity contribution in [1.29, 1.82) is 0 Å². The molecule has 4 aliphatic carbocycles. The molecule has 3 aromatic carbocycles. The Bertz CT molecular complexity index is 1390. The van der Waals surface area contributed by atoms with Crippen LogP contribution in [0.25, 0.3) is 22.3 Å². The van der Waals surface area contributed by atoms with Gasteiger partial charge in [0.25, 0.3) is 0 Å². The summed E-state index contributed by atoms with van der Waals surface area (Å²) in [6, 6.07) is 29.0. The number of nitrogens with one attached hydrogen (secondary N) is 2.